The van der Waals surface area contributed by atoms with Crippen molar-refractivity contribution in [3.8, 4) is 22.6 Å². The molecule has 0 heterocycles. The summed E-state index contributed by atoms with van der Waals surface area (Å²) < 4.78 is 46.4. The first-order valence-electron chi connectivity index (χ1n) is 6.81. The zero-order valence-electron chi connectivity index (χ0n) is 11.9. The van der Waals surface area contributed by atoms with Crippen molar-refractivity contribution >= 4 is 5.69 Å². The van der Waals surface area contributed by atoms with E-state index in [9.17, 15) is 13.2 Å². The van der Waals surface area contributed by atoms with Crippen molar-refractivity contribution in [3.05, 3.63) is 78.1 Å². The second-order valence-corrected chi connectivity index (χ2v) is 4.94. The second-order valence-electron chi connectivity index (χ2n) is 4.94. The molecule has 2 nitrogen and oxygen atoms in total. The Hall–Kier alpha value is -2.95. The predicted molar refractivity (Wildman–Crippen MR) is 82.7 cm³/mol. The van der Waals surface area contributed by atoms with Gasteiger partial charge in [-0.15, -0.1) is 0 Å². The van der Waals surface area contributed by atoms with Crippen molar-refractivity contribution in [2.75, 3.05) is 5.73 Å². The van der Waals surface area contributed by atoms with Gasteiger partial charge in [0.05, 0.1) is 0 Å². The summed E-state index contributed by atoms with van der Waals surface area (Å²) >= 11 is 0. The molecule has 0 saturated carbocycles. The van der Waals surface area contributed by atoms with Crippen molar-refractivity contribution in [1.82, 2.24) is 0 Å². The van der Waals surface area contributed by atoms with Crippen LogP contribution in [0.4, 0.5) is 18.9 Å². The van der Waals surface area contributed by atoms with Crippen LogP contribution in [0.5, 0.6) is 11.5 Å². The highest BCUT2D eigenvalue weighted by Crippen LogP contribution is 2.36. The van der Waals surface area contributed by atoms with Gasteiger partial charge in [0.2, 0.25) is 0 Å². The zero-order valence-corrected chi connectivity index (χ0v) is 11.9. The quantitative estimate of drug-likeness (QED) is 0.679. The number of hydrogen-bond acceptors (Lipinski definition) is 2. The third-order valence-corrected chi connectivity index (χ3v) is 3.25. The lowest BCUT2D eigenvalue weighted by atomic mass is 10.0. The molecule has 0 saturated heterocycles. The molecule has 0 aliphatic heterocycles. The molecule has 0 radical (unpaired) electrons. The van der Waals surface area contributed by atoms with E-state index in [0.29, 0.717) is 11.3 Å². The molecule has 3 aromatic carbocycles. The molecule has 0 fully saturated rings. The lowest BCUT2D eigenvalue weighted by Crippen LogP contribution is -1.94. The maximum Gasteiger partial charge on any atom is 0.137 e. The summed E-state index contributed by atoms with van der Waals surface area (Å²) in [6, 6.07) is 13.2. The van der Waals surface area contributed by atoms with Crippen LogP contribution in [-0.4, -0.2) is 0 Å². The number of hydrogen-bond donors (Lipinski definition) is 1. The first-order chi connectivity index (χ1) is 11.0. The van der Waals surface area contributed by atoms with Gasteiger partial charge in [-0.25, -0.2) is 13.2 Å². The van der Waals surface area contributed by atoms with E-state index < -0.39 is 17.5 Å². The number of halogens is 3. The van der Waals surface area contributed by atoms with Gasteiger partial charge < -0.3 is 10.5 Å². The topological polar surface area (TPSA) is 35.2 Å². The smallest absolute Gasteiger partial charge is 0.137 e. The van der Waals surface area contributed by atoms with Crippen molar-refractivity contribution in [3.63, 3.8) is 0 Å². The molecule has 0 aliphatic carbocycles. The first-order valence-corrected chi connectivity index (χ1v) is 6.81. The average Bonchev–Trinajstić information content (AvgIpc) is 2.50. The Morgan fingerprint density at radius 2 is 1.52 bits per heavy atom. The number of nitrogens with two attached hydrogens (primary N) is 1. The normalized spacial score (nSPS) is 10.6. The molecule has 5 heteroatoms. The van der Waals surface area contributed by atoms with Gasteiger partial charge in [0.25, 0.3) is 0 Å². The van der Waals surface area contributed by atoms with E-state index in [1.165, 1.54) is 30.3 Å². The van der Waals surface area contributed by atoms with Gasteiger partial charge in [0, 0.05) is 28.9 Å². The molecule has 2 N–H and O–H groups in total. The Kier molecular flexibility index (Phi) is 3.93. The van der Waals surface area contributed by atoms with Crippen LogP contribution >= 0.6 is 0 Å². The van der Waals surface area contributed by atoms with Crippen molar-refractivity contribution in [2.45, 2.75) is 0 Å². The molecule has 23 heavy (non-hydrogen) atoms. The molecule has 0 aliphatic rings. The summed E-state index contributed by atoms with van der Waals surface area (Å²) in [5, 5.41) is 0. The van der Waals surface area contributed by atoms with Crippen LogP contribution in [0.3, 0.4) is 0 Å². The van der Waals surface area contributed by atoms with Gasteiger partial charge in [-0.1, -0.05) is 6.07 Å². The van der Waals surface area contributed by atoms with E-state index in [4.69, 9.17) is 10.5 Å². The number of nitrogen functional groups attached to an aromatic ring is 1. The Balaban J connectivity index is 2.09. The van der Waals surface area contributed by atoms with Crippen LogP contribution in [0.1, 0.15) is 0 Å². The standard InChI is InChI=1S/C18H12F3NO/c19-11-2-1-3-14(8-11)23-18-10-13(22)5-6-15(18)16-9-12(20)4-7-17(16)21/h1-10H,22H2. The maximum atomic E-state index is 14.0. The van der Waals surface area contributed by atoms with Crippen LogP contribution in [0.15, 0.2) is 60.7 Å². The zero-order chi connectivity index (χ0) is 16.4. The Morgan fingerprint density at radius 3 is 2.30 bits per heavy atom. The van der Waals surface area contributed by atoms with Crippen molar-refractivity contribution in [2.24, 2.45) is 0 Å². The van der Waals surface area contributed by atoms with E-state index in [-0.39, 0.29) is 17.1 Å². The summed E-state index contributed by atoms with van der Waals surface area (Å²) in [6.07, 6.45) is 0. The predicted octanol–water partition coefficient (Wildman–Crippen LogP) is 5.15. The molecular formula is C18H12F3NO. The molecule has 0 spiro atoms. The monoisotopic (exact) mass is 315 g/mol. The summed E-state index contributed by atoms with van der Waals surface area (Å²) in [7, 11) is 0. The van der Waals surface area contributed by atoms with Crippen LogP contribution in [0.2, 0.25) is 0 Å². The Labute approximate surface area is 130 Å². The minimum absolute atomic E-state index is 0.0383. The molecule has 3 aromatic rings. The third kappa shape index (κ3) is 3.29. The third-order valence-electron chi connectivity index (χ3n) is 3.25. The SMILES string of the molecule is Nc1ccc(-c2cc(F)ccc2F)c(Oc2cccc(F)c2)c1. The average molecular weight is 315 g/mol. The molecule has 0 atom stereocenters. The highest BCUT2D eigenvalue weighted by molar-refractivity contribution is 5.74. The van der Waals surface area contributed by atoms with Crippen molar-refractivity contribution < 1.29 is 17.9 Å². The van der Waals surface area contributed by atoms with Crippen LogP contribution < -0.4 is 10.5 Å². The van der Waals surface area contributed by atoms with E-state index in [1.807, 2.05) is 0 Å². The highest BCUT2D eigenvalue weighted by Gasteiger charge is 2.13. The minimum atomic E-state index is -0.597. The summed E-state index contributed by atoms with van der Waals surface area (Å²) in [4.78, 5) is 0. The number of ether oxygens (including phenoxy) is 1. The van der Waals surface area contributed by atoms with Gasteiger partial charge in [-0.2, -0.15) is 0 Å². The molecular weight excluding hydrogens is 303 g/mol. The maximum absolute atomic E-state index is 14.0. The fraction of sp³-hybridized carbons (Fsp3) is 0. The molecule has 116 valence electrons. The minimum Gasteiger partial charge on any atom is -0.457 e. The van der Waals surface area contributed by atoms with Gasteiger partial charge >= 0.3 is 0 Å². The lowest BCUT2D eigenvalue weighted by Gasteiger charge is -2.13. The fourth-order valence-electron chi connectivity index (χ4n) is 2.21. The number of rotatable bonds is 3. The largest absolute Gasteiger partial charge is 0.457 e. The molecule has 0 bridgehead atoms. The molecule has 0 aromatic heterocycles. The van der Waals surface area contributed by atoms with Crippen molar-refractivity contribution in [1.29, 1.82) is 0 Å². The molecule has 0 unspecified atom stereocenters. The Bertz CT molecular complexity index is 865. The lowest BCUT2D eigenvalue weighted by molar-refractivity contribution is 0.478. The van der Waals surface area contributed by atoms with E-state index in [1.54, 1.807) is 12.1 Å². The van der Waals surface area contributed by atoms with E-state index >= 15 is 0 Å². The summed E-state index contributed by atoms with van der Waals surface area (Å²) in [5.74, 6) is -1.20. The van der Waals surface area contributed by atoms with E-state index in [2.05, 4.69) is 0 Å². The van der Waals surface area contributed by atoms with E-state index in [0.717, 1.165) is 18.2 Å². The Morgan fingerprint density at radius 1 is 0.739 bits per heavy atom. The van der Waals surface area contributed by atoms with Gasteiger partial charge in [-0.3, -0.25) is 0 Å². The highest BCUT2D eigenvalue weighted by atomic mass is 19.1. The summed E-state index contributed by atoms with van der Waals surface area (Å²) in [6.45, 7) is 0. The van der Waals surface area contributed by atoms with Gasteiger partial charge in [0.1, 0.15) is 29.0 Å². The summed E-state index contributed by atoms with van der Waals surface area (Å²) in [5.41, 5.74) is 6.48. The van der Waals surface area contributed by atoms with Crippen LogP contribution in [0.25, 0.3) is 11.1 Å². The second kappa shape index (κ2) is 6.04. The van der Waals surface area contributed by atoms with Crippen LogP contribution in [-0.2, 0) is 0 Å². The number of benzene rings is 3. The van der Waals surface area contributed by atoms with Gasteiger partial charge in [0.15, 0.2) is 0 Å². The first kappa shape index (κ1) is 15.0. The molecule has 0 amide bonds. The van der Waals surface area contributed by atoms with Crippen LogP contribution in [0, 0.1) is 17.5 Å². The fourth-order valence-corrected chi connectivity index (χ4v) is 2.21. The van der Waals surface area contributed by atoms with Gasteiger partial charge in [-0.05, 0) is 42.5 Å². The molecule has 3 rings (SSSR count). The number of anilines is 1.